The molecular weight excluding hydrogens is 274 g/mol. The van der Waals surface area contributed by atoms with Crippen molar-refractivity contribution in [3.8, 4) is 0 Å². The Morgan fingerprint density at radius 3 is 2.59 bits per heavy atom. The predicted octanol–water partition coefficient (Wildman–Crippen LogP) is 5.46. The molecule has 0 spiro atoms. The van der Waals surface area contributed by atoms with E-state index in [1.54, 1.807) is 0 Å². The molecule has 1 aliphatic rings. The molecule has 0 aromatic rings. The molecule has 0 radical (unpaired) electrons. The van der Waals surface area contributed by atoms with Gasteiger partial charge in [-0.15, -0.1) is 0 Å². The number of methoxy groups -OCH3 is 1. The van der Waals surface area contributed by atoms with Gasteiger partial charge in [-0.3, -0.25) is 9.79 Å². The summed E-state index contributed by atoms with van der Waals surface area (Å²) < 4.78 is 4.64. The molecule has 3 nitrogen and oxygen atoms in total. The van der Waals surface area contributed by atoms with E-state index in [1.165, 1.54) is 83.5 Å². The Bertz CT molecular complexity index is 325. The molecule has 3 heteroatoms. The minimum Gasteiger partial charge on any atom is -0.469 e. The number of hydrogen-bond acceptors (Lipinski definition) is 3. The topological polar surface area (TPSA) is 38.7 Å². The average Bonchev–Trinajstić information content (AvgIpc) is 2.98. The molecule has 0 aliphatic carbocycles. The van der Waals surface area contributed by atoms with Crippen LogP contribution in [-0.4, -0.2) is 24.8 Å². The van der Waals surface area contributed by atoms with Gasteiger partial charge in [0.1, 0.15) is 0 Å². The van der Waals surface area contributed by atoms with Crippen molar-refractivity contribution in [2.24, 2.45) is 4.99 Å². The summed E-state index contributed by atoms with van der Waals surface area (Å²) in [4.78, 5) is 15.9. The maximum absolute atomic E-state index is 11.0. The second-order valence-electron chi connectivity index (χ2n) is 6.58. The second-order valence-corrected chi connectivity index (χ2v) is 6.58. The lowest BCUT2D eigenvalue weighted by Crippen LogP contribution is -1.99. The standard InChI is InChI=1S/C19H35NO2/c1-3-4-5-9-12-17-15-16-18(20-17)13-10-7-6-8-11-14-19(21)22-2/h17H,3-16H2,1-2H3. The van der Waals surface area contributed by atoms with Crippen LogP contribution < -0.4 is 0 Å². The molecule has 1 atom stereocenters. The molecule has 0 fully saturated rings. The minimum absolute atomic E-state index is 0.0784. The number of esters is 1. The first-order valence-corrected chi connectivity index (χ1v) is 9.38. The number of hydrogen-bond donors (Lipinski definition) is 0. The molecule has 22 heavy (non-hydrogen) atoms. The molecule has 0 aromatic heterocycles. The second kappa shape index (κ2) is 12.7. The quantitative estimate of drug-likeness (QED) is 0.334. The van der Waals surface area contributed by atoms with Crippen LogP contribution in [0.1, 0.15) is 96.8 Å². The highest BCUT2D eigenvalue weighted by Crippen LogP contribution is 2.22. The Morgan fingerprint density at radius 2 is 1.82 bits per heavy atom. The highest BCUT2D eigenvalue weighted by molar-refractivity contribution is 5.86. The van der Waals surface area contributed by atoms with Gasteiger partial charge in [0.15, 0.2) is 0 Å². The van der Waals surface area contributed by atoms with Crippen LogP contribution in [0.3, 0.4) is 0 Å². The van der Waals surface area contributed by atoms with Crippen LogP contribution in [0.2, 0.25) is 0 Å². The van der Waals surface area contributed by atoms with E-state index in [-0.39, 0.29) is 5.97 Å². The molecule has 1 heterocycles. The van der Waals surface area contributed by atoms with Crippen LogP contribution in [0.15, 0.2) is 4.99 Å². The molecular formula is C19H35NO2. The fraction of sp³-hybridized carbons (Fsp3) is 0.895. The fourth-order valence-corrected chi connectivity index (χ4v) is 3.16. The van der Waals surface area contributed by atoms with Crippen molar-refractivity contribution in [2.75, 3.05) is 7.11 Å². The van der Waals surface area contributed by atoms with Crippen LogP contribution in [0.4, 0.5) is 0 Å². The highest BCUT2D eigenvalue weighted by atomic mass is 16.5. The highest BCUT2D eigenvalue weighted by Gasteiger charge is 2.16. The monoisotopic (exact) mass is 309 g/mol. The van der Waals surface area contributed by atoms with Crippen molar-refractivity contribution < 1.29 is 9.53 Å². The van der Waals surface area contributed by atoms with Crippen LogP contribution in [0.25, 0.3) is 0 Å². The number of carbonyl (C=O) groups is 1. The summed E-state index contributed by atoms with van der Waals surface area (Å²) in [7, 11) is 1.46. The Morgan fingerprint density at radius 1 is 1.09 bits per heavy atom. The van der Waals surface area contributed by atoms with Crippen molar-refractivity contribution in [1.29, 1.82) is 0 Å². The first kappa shape index (κ1) is 19.2. The number of ether oxygens (including phenoxy) is 1. The Kier molecular flexibility index (Phi) is 11.0. The summed E-state index contributed by atoms with van der Waals surface area (Å²) in [6.45, 7) is 2.27. The maximum Gasteiger partial charge on any atom is 0.305 e. The summed E-state index contributed by atoms with van der Waals surface area (Å²) in [5, 5.41) is 0. The zero-order chi connectivity index (χ0) is 16.0. The summed E-state index contributed by atoms with van der Waals surface area (Å²) in [6.07, 6.45) is 16.9. The van der Waals surface area contributed by atoms with E-state index >= 15 is 0 Å². The van der Waals surface area contributed by atoms with Crippen molar-refractivity contribution in [3.05, 3.63) is 0 Å². The zero-order valence-corrected chi connectivity index (χ0v) is 14.7. The first-order valence-electron chi connectivity index (χ1n) is 9.38. The lowest BCUT2D eigenvalue weighted by atomic mass is 10.0. The third-order valence-electron chi connectivity index (χ3n) is 4.60. The molecule has 128 valence electrons. The summed E-state index contributed by atoms with van der Waals surface area (Å²) in [6, 6.07) is 0.631. The molecule has 0 N–H and O–H groups in total. The summed E-state index contributed by atoms with van der Waals surface area (Å²) >= 11 is 0. The van der Waals surface area contributed by atoms with Gasteiger partial charge in [-0.25, -0.2) is 0 Å². The third-order valence-corrected chi connectivity index (χ3v) is 4.60. The van der Waals surface area contributed by atoms with E-state index in [0.29, 0.717) is 12.5 Å². The lowest BCUT2D eigenvalue weighted by molar-refractivity contribution is -0.140. The largest absolute Gasteiger partial charge is 0.469 e. The van der Waals surface area contributed by atoms with Gasteiger partial charge in [0.2, 0.25) is 0 Å². The zero-order valence-electron chi connectivity index (χ0n) is 14.7. The van der Waals surface area contributed by atoms with Gasteiger partial charge < -0.3 is 4.74 Å². The molecule has 1 unspecified atom stereocenters. The molecule has 0 saturated heterocycles. The smallest absolute Gasteiger partial charge is 0.305 e. The Labute approximate surface area is 136 Å². The van der Waals surface area contributed by atoms with Crippen molar-refractivity contribution in [3.63, 3.8) is 0 Å². The van der Waals surface area contributed by atoms with Crippen molar-refractivity contribution in [1.82, 2.24) is 0 Å². The first-order chi connectivity index (χ1) is 10.8. The van der Waals surface area contributed by atoms with Crippen LogP contribution >= 0.6 is 0 Å². The SMILES string of the molecule is CCCCCCC1CCC(CCCCCCCC(=O)OC)=N1. The molecule has 0 bridgehead atoms. The van der Waals surface area contributed by atoms with Crippen molar-refractivity contribution in [2.45, 2.75) is 103 Å². The molecule has 0 amide bonds. The Balaban J connectivity index is 1.95. The number of unbranched alkanes of at least 4 members (excludes halogenated alkanes) is 7. The van der Waals surface area contributed by atoms with Gasteiger partial charge in [0, 0.05) is 12.1 Å². The van der Waals surface area contributed by atoms with E-state index in [0.717, 1.165) is 12.8 Å². The van der Waals surface area contributed by atoms with E-state index in [2.05, 4.69) is 11.7 Å². The van der Waals surface area contributed by atoms with Gasteiger partial charge >= 0.3 is 5.97 Å². The minimum atomic E-state index is -0.0784. The number of nitrogens with zero attached hydrogens (tertiary/aromatic N) is 1. The van der Waals surface area contributed by atoms with Gasteiger partial charge in [0.25, 0.3) is 0 Å². The van der Waals surface area contributed by atoms with E-state index in [9.17, 15) is 4.79 Å². The average molecular weight is 309 g/mol. The normalized spacial score (nSPS) is 17.5. The van der Waals surface area contributed by atoms with Crippen molar-refractivity contribution >= 4 is 11.7 Å². The van der Waals surface area contributed by atoms with Crippen LogP contribution in [-0.2, 0) is 9.53 Å². The van der Waals surface area contributed by atoms with Crippen LogP contribution in [0.5, 0.6) is 0 Å². The van der Waals surface area contributed by atoms with Gasteiger partial charge in [-0.05, 0) is 38.5 Å². The van der Waals surface area contributed by atoms with E-state index in [1.807, 2.05) is 0 Å². The van der Waals surface area contributed by atoms with Gasteiger partial charge in [-0.1, -0.05) is 51.9 Å². The lowest BCUT2D eigenvalue weighted by Gasteiger charge is -2.05. The van der Waals surface area contributed by atoms with Gasteiger partial charge in [-0.2, -0.15) is 0 Å². The molecule has 1 aliphatic heterocycles. The van der Waals surface area contributed by atoms with Crippen LogP contribution in [0, 0.1) is 0 Å². The Hall–Kier alpha value is -0.860. The fourth-order valence-electron chi connectivity index (χ4n) is 3.16. The van der Waals surface area contributed by atoms with E-state index < -0.39 is 0 Å². The number of carbonyl (C=O) groups excluding carboxylic acids is 1. The molecule has 0 aromatic carbocycles. The predicted molar refractivity (Wildman–Crippen MR) is 93.6 cm³/mol. The number of aliphatic imine (C=N–C) groups is 1. The summed E-state index contributed by atoms with van der Waals surface area (Å²) in [5.74, 6) is -0.0784. The maximum atomic E-state index is 11.0. The third kappa shape index (κ3) is 9.22. The number of rotatable bonds is 13. The van der Waals surface area contributed by atoms with E-state index in [4.69, 9.17) is 4.99 Å². The van der Waals surface area contributed by atoms with Gasteiger partial charge in [0.05, 0.1) is 13.2 Å². The molecule has 0 saturated carbocycles. The molecule has 1 rings (SSSR count). The summed E-state index contributed by atoms with van der Waals surface area (Å²) in [5.41, 5.74) is 1.47.